The first kappa shape index (κ1) is 14.6. The molecule has 0 atom stereocenters. The van der Waals surface area contributed by atoms with Crippen molar-refractivity contribution in [1.29, 1.82) is 5.26 Å². The van der Waals surface area contributed by atoms with Crippen molar-refractivity contribution in [2.45, 2.75) is 26.2 Å². The van der Waals surface area contributed by atoms with Crippen LogP contribution in [0.2, 0.25) is 0 Å². The molecule has 0 aromatic carbocycles. The molecule has 0 radical (unpaired) electrons. The standard InChI is InChI=1S/C11H15N5O3/c1-3-5-8-10(16(18)19)9(14-13-8)11(17)15(2)7-4-6-12/h3-5,7H2,1-2H3,(H,13,14). The Morgan fingerprint density at radius 3 is 2.84 bits per heavy atom. The van der Waals surface area contributed by atoms with Crippen LogP contribution in [0.4, 0.5) is 5.69 Å². The minimum atomic E-state index is -0.597. The van der Waals surface area contributed by atoms with Crippen molar-refractivity contribution in [3.8, 4) is 6.07 Å². The van der Waals surface area contributed by atoms with E-state index in [1.54, 1.807) is 0 Å². The van der Waals surface area contributed by atoms with E-state index in [1.165, 1.54) is 11.9 Å². The molecule has 8 nitrogen and oxygen atoms in total. The number of carbonyl (C=O) groups excluding carboxylic acids is 1. The van der Waals surface area contributed by atoms with Crippen LogP contribution < -0.4 is 0 Å². The van der Waals surface area contributed by atoms with Gasteiger partial charge in [-0.05, 0) is 6.42 Å². The molecule has 0 unspecified atom stereocenters. The predicted molar refractivity (Wildman–Crippen MR) is 66.4 cm³/mol. The highest BCUT2D eigenvalue weighted by atomic mass is 16.6. The average molecular weight is 265 g/mol. The van der Waals surface area contributed by atoms with Gasteiger partial charge in [-0.2, -0.15) is 10.4 Å². The molecule has 0 aliphatic carbocycles. The molecule has 1 aromatic heterocycles. The lowest BCUT2D eigenvalue weighted by Gasteiger charge is -2.13. The monoisotopic (exact) mass is 265 g/mol. The molecule has 0 saturated heterocycles. The maximum Gasteiger partial charge on any atom is 0.322 e. The summed E-state index contributed by atoms with van der Waals surface area (Å²) in [4.78, 5) is 23.7. The number of H-pyrrole nitrogens is 1. The molecule has 0 bridgehead atoms. The second-order valence-corrected chi connectivity index (χ2v) is 4.04. The van der Waals surface area contributed by atoms with Crippen LogP contribution in [0.1, 0.15) is 35.9 Å². The van der Waals surface area contributed by atoms with Crippen LogP contribution in [0.25, 0.3) is 0 Å². The third kappa shape index (κ3) is 3.28. The van der Waals surface area contributed by atoms with E-state index in [-0.39, 0.29) is 24.3 Å². The first-order valence-corrected chi connectivity index (χ1v) is 5.86. The summed E-state index contributed by atoms with van der Waals surface area (Å²) in [6.45, 7) is 2.09. The van der Waals surface area contributed by atoms with Gasteiger partial charge in [-0.25, -0.2) is 0 Å². The lowest BCUT2D eigenvalue weighted by Crippen LogP contribution is -2.28. The molecule has 0 spiro atoms. The van der Waals surface area contributed by atoms with Gasteiger partial charge in [0.25, 0.3) is 5.91 Å². The van der Waals surface area contributed by atoms with E-state index >= 15 is 0 Å². The maximum absolute atomic E-state index is 12.0. The van der Waals surface area contributed by atoms with Crippen molar-refractivity contribution in [3.63, 3.8) is 0 Å². The van der Waals surface area contributed by atoms with Crippen molar-refractivity contribution in [2.24, 2.45) is 0 Å². The van der Waals surface area contributed by atoms with Crippen LogP contribution in [0.5, 0.6) is 0 Å². The number of amides is 1. The zero-order valence-corrected chi connectivity index (χ0v) is 10.8. The number of nitrogens with zero attached hydrogens (tertiary/aromatic N) is 4. The highest BCUT2D eigenvalue weighted by Gasteiger charge is 2.30. The summed E-state index contributed by atoms with van der Waals surface area (Å²) < 4.78 is 0. The molecule has 102 valence electrons. The third-order valence-corrected chi connectivity index (χ3v) is 2.60. The molecule has 1 amide bonds. The Morgan fingerprint density at radius 1 is 1.63 bits per heavy atom. The zero-order chi connectivity index (χ0) is 14.4. The van der Waals surface area contributed by atoms with E-state index in [0.29, 0.717) is 18.5 Å². The number of nitriles is 1. The number of nitrogens with one attached hydrogen (secondary N) is 1. The van der Waals surface area contributed by atoms with Gasteiger partial charge in [-0.3, -0.25) is 20.0 Å². The van der Waals surface area contributed by atoms with E-state index in [4.69, 9.17) is 5.26 Å². The molecule has 19 heavy (non-hydrogen) atoms. The number of rotatable bonds is 6. The van der Waals surface area contributed by atoms with Crippen LogP contribution in [0, 0.1) is 21.4 Å². The summed E-state index contributed by atoms with van der Waals surface area (Å²) in [6, 6.07) is 1.91. The van der Waals surface area contributed by atoms with Crippen molar-refractivity contribution >= 4 is 11.6 Å². The first-order chi connectivity index (χ1) is 9.02. The smallest absolute Gasteiger partial charge is 0.322 e. The Hall–Kier alpha value is -2.43. The van der Waals surface area contributed by atoms with Gasteiger partial charge in [0, 0.05) is 13.6 Å². The molecule has 1 N–H and O–H groups in total. The molecule has 1 heterocycles. The van der Waals surface area contributed by atoms with Crippen LogP contribution >= 0.6 is 0 Å². The van der Waals surface area contributed by atoms with Gasteiger partial charge < -0.3 is 4.90 Å². The normalized spacial score (nSPS) is 9.95. The van der Waals surface area contributed by atoms with Crippen LogP contribution in [-0.4, -0.2) is 39.5 Å². The van der Waals surface area contributed by atoms with E-state index in [9.17, 15) is 14.9 Å². The summed E-state index contributed by atoms with van der Waals surface area (Å²) in [7, 11) is 1.48. The molecule has 0 aliphatic heterocycles. The predicted octanol–water partition coefficient (Wildman–Crippen LogP) is 1.26. The number of hydrogen-bond donors (Lipinski definition) is 1. The number of nitro groups is 1. The van der Waals surface area contributed by atoms with Gasteiger partial charge in [0.15, 0.2) is 0 Å². The minimum Gasteiger partial charge on any atom is -0.339 e. The SMILES string of the molecule is CCCc1[nH]nc(C(=O)N(C)CCC#N)c1[N+](=O)[O-]. The zero-order valence-electron chi connectivity index (χ0n) is 10.8. The largest absolute Gasteiger partial charge is 0.339 e. The molecular formula is C11H15N5O3. The fourth-order valence-electron chi connectivity index (χ4n) is 1.64. The van der Waals surface area contributed by atoms with Gasteiger partial charge in [0.05, 0.1) is 17.4 Å². The highest BCUT2D eigenvalue weighted by Crippen LogP contribution is 2.23. The third-order valence-electron chi connectivity index (χ3n) is 2.60. The fraction of sp³-hybridized carbons (Fsp3) is 0.545. The van der Waals surface area contributed by atoms with Gasteiger partial charge in [-0.15, -0.1) is 0 Å². The van der Waals surface area contributed by atoms with E-state index in [2.05, 4.69) is 10.2 Å². The molecule has 0 aliphatic rings. The number of aromatic nitrogens is 2. The van der Waals surface area contributed by atoms with Crippen molar-refractivity contribution in [3.05, 3.63) is 21.5 Å². The summed E-state index contributed by atoms with van der Waals surface area (Å²) in [5.41, 5.74) is -0.117. The second kappa shape index (κ2) is 6.49. The van der Waals surface area contributed by atoms with Gasteiger partial charge in [0.1, 0.15) is 5.69 Å². The van der Waals surface area contributed by atoms with Crippen LogP contribution in [0.15, 0.2) is 0 Å². The van der Waals surface area contributed by atoms with E-state index in [0.717, 1.165) is 0 Å². The van der Waals surface area contributed by atoms with Crippen molar-refractivity contribution in [2.75, 3.05) is 13.6 Å². The number of aryl methyl sites for hydroxylation is 1. The number of hydrogen-bond acceptors (Lipinski definition) is 5. The summed E-state index contributed by atoms with van der Waals surface area (Å²) in [6.07, 6.45) is 1.34. The molecule has 1 rings (SSSR count). The van der Waals surface area contributed by atoms with Crippen molar-refractivity contribution in [1.82, 2.24) is 15.1 Å². The molecule has 8 heteroatoms. The Labute approximate surface area is 110 Å². The maximum atomic E-state index is 12.0. The molecular weight excluding hydrogens is 250 g/mol. The Bertz CT molecular complexity index is 517. The van der Waals surface area contributed by atoms with E-state index in [1.807, 2.05) is 13.0 Å². The lowest BCUT2D eigenvalue weighted by molar-refractivity contribution is -0.385. The van der Waals surface area contributed by atoms with Gasteiger partial charge in [-0.1, -0.05) is 13.3 Å². The summed E-state index contributed by atoms with van der Waals surface area (Å²) in [5, 5.41) is 25.8. The Balaban J connectivity index is 3.03. The molecule has 1 aromatic rings. The quantitative estimate of drug-likeness (QED) is 0.613. The summed E-state index contributed by atoms with van der Waals surface area (Å²) in [5.74, 6) is -0.555. The Morgan fingerprint density at radius 2 is 2.32 bits per heavy atom. The minimum absolute atomic E-state index is 0.169. The fourth-order valence-corrected chi connectivity index (χ4v) is 1.64. The second-order valence-electron chi connectivity index (χ2n) is 4.04. The topological polar surface area (TPSA) is 116 Å². The highest BCUT2D eigenvalue weighted by molar-refractivity contribution is 5.96. The first-order valence-electron chi connectivity index (χ1n) is 5.86. The molecule has 0 saturated carbocycles. The van der Waals surface area contributed by atoms with Gasteiger partial charge >= 0.3 is 5.69 Å². The van der Waals surface area contributed by atoms with Gasteiger partial charge in [0.2, 0.25) is 5.69 Å². The average Bonchev–Trinajstić information content (AvgIpc) is 2.79. The molecule has 0 fully saturated rings. The lowest BCUT2D eigenvalue weighted by atomic mass is 10.2. The number of carbonyl (C=O) groups is 1. The Kier molecular flexibility index (Phi) is 5.00. The number of aromatic amines is 1. The van der Waals surface area contributed by atoms with Crippen LogP contribution in [0.3, 0.4) is 0 Å². The summed E-state index contributed by atoms with van der Waals surface area (Å²) >= 11 is 0. The van der Waals surface area contributed by atoms with E-state index < -0.39 is 10.8 Å². The van der Waals surface area contributed by atoms with Crippen molar-refractivity contribution < 1.29 is 9.72 Å². The van der Waals surface area contributed by atoms with Crippen LogP contribution in [-0.2, 0) is 6.42 Å².